The number of amides is 1. The molecule has 192 valence electrons. The molecule has 0 aliphatic heterocycles. The minimum atomic E-state index is -4.01. The molecule has 4 rings (SSSR count). The fraction of sp³-hybridized carbons (Fsp3) is 0.185. The number of carbonyl (C=O) groups is 1. The predicted octanol–water partition coefficient (Wildman–Crippen LogP) is 4.85. The topological polar surface area (TPSA) is 93.5 Å². The average molecular weight is 584 g/mol. The zero-order valence-corrected chi connectivity index (χ0v) is 22.9. The van der Waals surface area contributed by atoms with Gasteiger partial charge in [-0.2, -0.15) is 0 Å². The van der Waals surface area contributed by atoms with Crippen LogP contribution >= 0.6 is 15.9 Å². The average Bonchev–Trinajstić information content (AvgIpc) is 3.33. The Morgan fingerprint density at radius 3 is 2.30 bits per heavy atom. The van der Waals surface area contributed by atoms with E-state index in [0.29, 0.717) is 18.0 Å². The van der Waals surface area contributed by atoms with Crippen molar-refractivity contribution in [1.29, 1.82) is 0 Å². The van der Waals surface area contributed by atoms with Crippen molar-refractivity contribution in [1.82, 2.24) is 14.9 Å². The number of anilines is 1. The number of benzene rings is 3. The molecule has 1 amide bonds. The molecule has 0 unspecified atom stereocenters. The van der Waals surface area contributed by atoms with Crippen LogP contribution in [-0.4, -0.2) is 37.0 Å². The van der Waals surface area contributed by atoms with Gasteiger partial charge in [-0.05, 0) is 80.1 Å². The van der Waals surface area contributed by atoms with Crippen LogP contribution in [0.5, 0.6) is 5.75 Å². The quantitative estimate of drug-likeness (QED) is 0.288. The van der Waals surface area contributed by atoms with E-state index in [1.165, 1.54) is 12.1 Å². The molecule has 1 N–H and O–H groups in total. The van der Waals surface area contributed by atoms with Crippen LogP contribution in [0.4, 0.5) is 5.69 Å². The number of carbonyl (C=O) groups excluding carboxylic acids is 1. The molecule has 10 heteroatoms. The first-order valence-electron chi connectivity index (χ1n) is 11.6. The van der Waals surface area contributed by atoms with Crippen LogP contribution in [0.1, 0.15) is 18.3 Å². The van der Waals surface area contributed by atoms with Crippen LogP contribution in [0, 0.1) is 6.92 Å². The molecule has 0 aliphatic rings. The molecular weight excluding hydrogens is 556 g/mol. The van der Waals surface area contributed by atoms with Crippen molar-refractivity contribution in [2.24, 2.45) is 0 Å². The third kappa shape index (κ3) is 6.39. The summed E-state index contributed by atoms with van der Waals surface area (Å²) in [5.74, 6) is 1.07. The molecule has 3 aromatic carbocycles. The first-order chi connectivity index (χ1) is 17.8. The Morgan fingerprint density at radius 2 is 1.70 bits per heavy atom. The van der Waals surface area contributed by atoms with Gasteiger partial charge in [0.15, 0.2) is 0 Å². The lowest BCUT2D eigenvalue weighted by Crippen LogP contribution is -2.40. The fourth-order valence-corrected chi connectivity index (χ4v) is 5.42. The summed E-state index contributed by atoms with van der Waals surface area (Å²) in [6.07, 6.45) is 3.62. The smallest absolute Gasteiger partial charge is 0.264 e. The molecule has 1 heterocycles. The Bertz CT molecular complexity index is 1450. The molecular formula is C27H27BrN4O4S. The lowest BCUT2D eigenvalue weighted by atomic mass is 10.2. The van der Waals surface area contributed by atoms with Crippen molar-refractivity contribution in [3.05, 3.63) is 101 Å². The van der Waals surface area contributed by atoms with Crippen LogP contribution in [0.3, 0.4) is 0 Å². The summed E-state index contributed by atoms with van der Waals surface area (Å²) < 4.78 is 36.4. The fourth-order valence-electron chi connectivity index (χ4n) is 3.74. The maximum atomic E-state index is 13.5. The first kappa shape index (κ1) is 26.4. The molecule has 0 bridgehead atoms. The van der Waals surface area contributed by atoms with Crippen LogP contribution in [-0.2, 0) is 21.4 Å². The molecule has 0 aliphatic carbocycles. The zero-order valence-electron chi connectivity index (χ0n) is 20.5. The molecule has 4 aromatic rings. The van der Waals surface area contributed by atoms with E-state index in [9.17, 15) is 13.2 Å². The molecule has 0 saturated carbocycles. The number of rotatable bonds is 10. The standard InChI is InChI=1S/C27H27BrN4O4S/c1-3-36-25-12-10-24(11-13-25)32(37(34,35)26-14-6-22(28)7-15-26)19-27(33)30-18-21-4-8-23(9-5-21)31-17-16-29-20(31)2/h4-17H,3,18-19H2,1-2H3,(H,30,33). The molecule has 0 radical (unpaired) electrons. The Labute approximate surface area is 225 Å². The number of hydrogen-bond donors (Lipinski definition) is 1. The summed E-state index contributed by atoms with van der Waals surface area (Å²) in [6, 6.07) is 20.7. The van der Waals surface area contributed by atoms with E-state index in [-0.39, 0.29) is 18.0 Å². The van der Waals surface area contributed by atoms with Gasteiger partial charge < -0.3 is 14.6 Å². The molecule has 1 aromatic heterocycles. The molecule has 0 fully saturated rings. The largest absolute Gasteiger partial charge is 0.494 e. The Hall–Kier alpha value is -3.63. The molecule has 0 atom stereocenters. The van der Waals surface area contributed by atoms with E-state index in [2.05, 4.69) is 26.2 Å². The zero-order chi connectivity index (χ0) is 26.4. The minimum Gasteiger partial charge on any atom is -0.494 e. The van der Waals surface area contributed by atoms with Gasteiger partial charge in [-0.15, -0.1) is 0 Å². The van der Waals surface area contributed by atoms with Gasteiger partial charge in [0.1, 0.15) is 18.1 Å². The van der Waals surface area contributed by atoms with Crippen molar-refractivity contribution >= 4 is 37.5 Å². The van der Waals surface area contributed by atoms with Gasteiger partial charge in [-0.1, -0.05) is 28.1 Å². The minimum absolute atomic E-state index is 0.0859. The van der Waals surface area contributed by atoms with E-state index in [1.807, 2.05) is 48.9 Å². The highest BCUT2D eigenvalue weighted by atomic mass is 79.9. The second-order valence-electron chi connectivity index (χ2n) is 8.18. The van der Waals surface area contributed by atoms with E-state index >= 15 is 0 Å². The molecule has 0 saturated heterocycles. The number of aromatic nitrogens is 2. The normalized spacial score (nSPS) is 11.2. The van der Waals surface area contributed by atoms with Gasteiger partial charge in [0, 0.05) is 29.1 Å². The monoisotopic (exact) mass is 582 g/mol. The molecule has 37 heavy (non-hydrogen) atoms. The SMILES string of the molecule is CCOc1ccc(N(CC(=O)NCc2ccc(-n3ccnc3C)cc2)S(=O)(=O)c2ccc(Br)cc2)cc1. The highest BCUT2D eigenvalue weighted by molar-refractivity contribution is 9.10. The van der Waals surface area contributed by atoms with E-state index in [1.54, 1.807) is 42.6 Å². The van der Waals surface area contributed by atoms with E-state index in [4.69, 9.17) is 4.74 Å². The maximum Gasteiger partial charge on any atom is 0.264 e. The van der Waals surface area contributed by atoms with Gasteiger partial charge in [0.05, 0.1) is 17.2 Å². The summed E-state index contributed by atoms with van der Waals surface area (Å²) >= 11 is 3.33. The summed E-state index contributed by atoms with van der Waals surface area (Å²) in [4.78, 5) is 17.3. The van der Waals surface area contributed by atoms with Crippen molar-refractivity contribution in [2.45, 2.75) is 25.3 Å². The lowest BCUT2D eigenvalue weighted by molar-refractivity contribution is -0.119. The Kier molecular flexibility index (Phi) is 8.30. The first-order valence-corrected chi connectivity index (χ1v) is 13.9. The van der Waals surface area contributed by atoms with Crippen LogP contribution in [0.15, 0.2) is 94.6 Å². The number of nitrogens with one attached hydrogen (secondary N) is 1. The van der Waals surface area contributed by atoms with Gasteiger partial charge in [0.2, 0.25) is 5.91 Å². The third-order valence-corrected chi connectivity index (χ3v) is 7.97. The number of nitrogens with zero attached hydrogens (tertiary/aromatic N) is 3. The third-order valence-electron chi connectivity index (χ3n) is 5.65. The number of sulfonamides is 1. The van der Waals surface area contributed by atoms with Crippen molar-refractivity contribution in [3.63, 3.8) is 0 Å². The van der Waals surface area contributed by atoms with Crippen molar-refractivity contribution in [3.8, 4) is 11.4 Å². The highest BCUT2D eigenvalue weighted by Gasteiger charge is 2.27. The Morgan fingerprint density at radius 1 is 1.03 bits per heavy atom. The molecule has 8 nitrogen and oxygen atoms in total. The van der Waals surface area contributed by atoms with Crippen molar-refractivity contribution < 1.29 is 17.9 Å². The summed E-state index contributed by atoms with van der Waals surface area (Å²) in [7, 11) is -4.01. The van der Waals surface area contributed by atoms with E-state index < -0.39 is 15.9 Å². The summed E-state index contributed by atoms with van der Waals surface area (Å²) in [5, 5.41) is 2.83. The number of aryl methyl sites for hydroxylation is 1. The van der Waals surface area contributed by atoms with E-state index in [0.717, 1.165) is 25.9 Å². The maximum absolute atomic E-state index is 13.5. The summed E-state index contributed by atoms with van der Waals surface area (Å²) in [6.45, 7) is 4.17. The number of hydrogen-bond acceptors (Lipinski definition) is 5. The van der Waals surface area contributed by atoms with Gasteiger partial charge in [0.25, 0.3) is 10.0 Å². The van der Waals surface area contributed by atoms with Crippen molar-refractivity contribution in [2.75, 3.05) is 17.5 Å². The number of ether oxygens (including phenoxy) is 1. The lowest BCUT2D eigenvalue weighted by Gasteiger charge is -2.24. The van der Waals surface area contributed by atoms with Crippen LogP contribution in [0.25, 0.3) is 5.69 Å². The second kappa shape index (κ2) is 11.6. The predicted molar refractivity (Wildman–Crippen MR) is 146 cm³/mol. The van der Waals surface area contributed by atoms with Gasteiger partial charge in [-0.3, -0.25) is 9.10 Å². The van der Waals surface area contributed by atoms with Gasteiger partial charge >= 0.3 is 0 Å². The summed E-state index contributed by atoms with van der Waals surface area (Å²) in [5.41, 5.74) is 2.21. The number of halogens is 1. The second-order valence-corrected chi connectivity index (χ2v) is 11.0. The Balaban J connectivity index is 1.51. The van der Waals surface area contributed by atoms with Crippen LogP contribution < -0.4 is 14.4 Å². The number of imidazole rings is 1. The van der Waals surface area contributed by atoms with Gasteiger partial charge in [-0.25, -0.2) is 13.4 Å². The van der Waals surface area contributed by atoms with Crippen LogP contribution in [0.2, 0.25) is 0 Å². The highest BCUT2D eigenvalue weighted by Crippen LogP contribution is 2.26. The molecule has 0 spiro atoms.